The van der Waals surface area contributed by atoms with Gasteiger partial charge in [-0.25, -0.2) is 0 Å². The van der Waals surface area contributed by atoms with Gasteiger partial charge in [-0.15, -0.1) is 0 Å². The van der Waals surface area contributed by atoms with Crippen LogP contribution in [0.15, 0.2) is 0 Å². The van der Waals surface area contributed by atoms with Gasteiger partial charge in [0.05, 0.1) is 6.61 Å². The van der Waals surface area contributed by atoms with Gasteiger partial charge in [0.15, 0.2) is 0 Å². The average Bonchev–Trinajstić information content (AvgIpc) is 2.06. The molecular weight excluding hydrogens is 170 g/mol. The lowest BCUT2D eigenvalue weighted by atomic mass is 10.2. The van der Waals surface area contributed by atoms with Crippen molar-refractivity contribution in [2.75, 3.05) is 13.7 Å². The van der Waals surface area contributed by atoms with Gasteiger partial charge in [0.2, 0.25) is 0 Å². The van der Waals surface area contributed by atoms with Gasteiger partial charge in [0, 0.05) is 16.5 Å². The Labute approximate surface area is 80.1 Å². The number of aliphatic hydroxyl groups excluding tert-OH is 1. The van der Waals surface area contributed by atoms with Gasteiger partial charge in [0.1, 0.15) is 0 Å². The quantitative estimate of drug-likeness (QED) is 0.667. The van der Waals surface area contributed by atoms with Crippen LogP contribution in [0, 0.1) is 0 Å². The highest BCUT2D eigenvalue weighted by atomic mass is 32.2. The molecule has 3 unspecified atom stereocenters. The SMILES string of the molecule is CCC(NC)C(C)SC(C)CO. The molecular formula is C9H21NOS. The Bertz CT molecular complexity index is 107. The molecule has 0 amide bonds. The third-order valence-corrected chi connectivity index (χ3v) is 3.45. The summed E-state index contributed by atoms with van der Waals surface area (Å²) in [7, 11) is 1.99. The highest BCUT2D eigenvalue weighted by Crippen LogP contribution is 2.20. The molecule has 0 heterocycles. The van der Waals surface area contributed by atoms with Gasteiger partial charge >= 0.3 is 0 Å². The van der Waals surface area contributed by atoms with E-state index in [4.69, 9.17) is 5.11 Å². The maximum atomic E-state index is 8.87. The molecule has 0 aliphatic carbocycles. The minimum absolute atomic E-state index is 0.273. The average molecular weight is 191 g/mol. The van der Waals surface area contributed by atoms with Crippen molar-refractivity contribution < 1.29 is 5.11 Å². The third-order valence-electron chi connectivity index (χ3n) is 2.08. The Morgan fingerprint density at radius 3 is 2.33 bits per heavy atom. The number of nitrogens with one attached hydrogen (secondary N) is 1. The molecule has 0 aliphatic rings. The van der Waals surface area contributed by atoms with Gasteiger partial charge in [-0.1, -0.05) is 20.8 Å². The molecule has 0 bridgehead atoms. The van der Waals surface area contributed by atoms with E-state index in [1.54, 1.807) is 0 Å². The first-order valence-electron chi connectivity index (χ1n) is 4.59. The van der Waals surface area contributed by atoms with Gasteiger partial charge in [-0.2, -0.15) is 11.8 Å². The smallest absolute Gasteiger partial charge is 0.0547 e. The fourth-order valence-corrected chi connectivity index (χ4v) is 2.61. The molecule has 3 heteroatoms. The summed E-state index contributed by atoms with van der Waals surface area (Å²) in [5, 5.41) is 13.1. The van der Waals surface area contributed by atoms with E-state index >= 15 is 0 Å². The number of thioether (sulfide) groups is 1. The highest BCUT2D eigenvalue weighted by Gasteiger charge is 2.15. The molecule has 0 saturated carbocycles. The van der Waals surface area contributed by atoms with Crippen molar-refractivity contribution in [3.05, 3.63) is 0 Å². The molecule has 0 aromatic rings. The van der Waals surface area contributed by atoms with Crippen molar-refractivity contribution in [1.29, 1.82) is 0 Å². The molecule has 0 fully saturated rings. The summed E-state index contributed by atoms with van der Waals surface area (Å²) in [6.45, 7) is 6.72. The first kappa shape index (κ1) is 12.3. The molecule has 0 aliphatic heterocycles. The molecule has 0 radical (unpaired) electrons. The van der Waals surface area contributed by atoms with Crippen LogP contribution in [-0.2, 0) is 0 Å². The minimum Gasteiger partial charge on any atom is -0.395 e. The normalized spacial score (nSPS) is 18.8. The van der Waals surface area contributed by atoms with E-state index in [0.29, 0.717) is 16.5 Å². The first-order chi connectivity index (χ1) is 5.65. The summed E-state index contributed by atoms with van der Waals surface area (Å²) in [5.74, 6) is 0. The standard InChI is InChI=1S/C9H21NOS/c1-5-9(10-4)8(3)12-7(2)6-11/h7-11H,5-6H2,1-4H3. The van der Waals surface area contributed by atoms with Crippen LogP contribution in [0.4, 0.5) is 0 Å². The highest BCUT2D eigenvalue weighted by molar-refractivity contribution is 8.00. The summed E-state index contributed by atoms with van der Waals surface area (Å²) >= 11 is 1.84. The Hall–Kier alpha value is 0.270. The summed E-state index contributed by atoms with van der Waals surface area (Å²) in [5.41, 5.74) is 0. The maximum Gasteiger partial charge on any atom is 0.0547 e. The predicted octanol–water partition coefficient (Wildman–Crippen LogP) is 1.49. The second kappa shape index (κ2) is 6.75. The van der Waals surface area contributed by atoms with Crippen LogP contribution in [0.25, 0.3) is 0 Å². The molecule has 0 saturated heterocycles. The summed E-state index contributed by atoms with van der Waals surface area (Å²) in [6, 6.07) is 0.559. The van der Waals surface area contributed by atoms with E-state index in [-0.39, 0.29) is 6.61 Å². The van der Waals surface area contributed by atoms with Crippen molar-refractivity contribution in [1.82, 2.24) is 5.32 Å². The number of rotatable bonds is 6. The second-order valence-corrected chi connectivity index (χ2v) is 4.96. The van der Waals surface area contributed by atoms with Gasteiger partial charge in [-0.3, -0.25) is 0 Å². The Morgan fingerprint density at radius 1 is 1.42 bits per heavy atom. The molecule has 3 atom stereocenters. The van der Waals surface area contributed by atoms with E-state index in [0.717, 1.165) is 6.42 Å². The van der Waals surface area contributed by atoms with Crippen molar-refractivity contribution >= 4 is 11.8 Å². The van der Waals surface area contributed by atoms with Crippen LogP contribution in [0.3, 0.4) is 0 Å². The molecule has 0 aromatic carbocycles. The predicted molar refractivity (Wildman–Crippen MR) is 56.7 cm³/mol. The Balaban J connectivity index is 3.75. The van der Waals surface area contributed by atoms with Gasteiger partial charge in [0.25, 0.3) is 0 Å². The van der Waals surface area contributed by atoms with E-state index in [2.05, 4.69) is 26.1 Å². The second-order valence-electron chi connectivity index (χ2n) is 3.14. The molecule has 2 N–H and O–H groups in total. The van der Waals surface area contributed by atoms with E-state index in [1.807, 2.05) is 18.8 Å². The largest absolute Gasteiger partial charge is 0.395 e. The number of aliphatic hydroxyl groups is 1. The van der Waals surface area contributed by atoms with Gasteiger partial charge < -0.3 is 10.4 Å². The maximum absolute atomic E-state index is 8.87. The van der Waals surface area contributed by atoms with E-state index in [9.17, 15) is 0 Å². The lowest BCUT2D eigenvalue weighted by Crippen LogP contribution is -2.34. The number of hydrogen-bond donors (Lipinski definition) is 2. The van der Waals surface area contributed by atoms with Crippen LogP contribution in [0.5, 0.6) is 0 Å². The van der Waals surface area contributed by atoms with E-state index < -0.39 is 0 Å². The van der Waals surface area contributed by atoms with E-state index in [1.165, 1.54) is 0 Å². The summed E-state index contributed by atoms with van der Waals surface area (Å²) in [4.78, 5) is 0. The number of hydrogen-bond acceptors (Lipinski definition) is 3. The van der Waals surface area contributed by atoms with Crippen LogP contribution < -0.4 is 5.32 Å². The lowest BCUT2D eigenvalue weighted by molar-refractivity contribution is 0.299. The van der Waals surface area contributed by atoms with Crippen LogP contribution in [-0.4, -0.2) is 35.3 Å². The van der Waals surface area contributed by atoms with Crippen LogP contribution in [0.1, 0.15) is 27.2 Å². The Kier molecular flexibility index (Phi) is 6.90. The molecule has 0 aromatic heterocycles. The topological polar surface area (TPSA) is 32.3 Å². The van der Waals surface area contributed by atoms with Crippen molar-refractivity contribution in [3.8, 4) is 0 Å². The first-order valence-corrected chi connectivity index (χ1v) is 5.53. The molecule has 2 nitrogen and oxygen atoms in total. The third kappa shape index (κ3) is 4.33. The fraction of sp³-hybridized carbons (Fsp3) is 1.00. The zero-order valence-corrected chi connectivity index (χ0v) is 9.32. The van der Waals surface area contributed by atoms with Crippen LogP contribution >= 0.6 is 11.8 Å². The van der Waals surface area contributed by atoms with Gasteiger partial charge in [-0.05, 0) is 13.5 Å². The molecule has 74 valence electrons. The van der Waals surface area contributed by atoms with Crippen LogP contribution in [0.2, 0.25) is 0 Å². The summed E-state index contributed by atoms with van der Waals surface area (Å²) in [6.07, 6.45) is 1.14. The zero-order valence-electron chi connectivity index (χ0n) is 8.50. The van der Waals surface area contributed by atoms with Crippen molar-refractivity contribution in [2.45, 2.75) is 43.7 Å². The van der Waals surface area contributed by atoms with Crippen molar-refractivity contribution in [2.24, 2.45) is 0 Å². The Morgan fingerprint density at radius 2 is 2.00 bits per heavy atom. The molecule has 0 spiro atoms. The van der Waals surface area contributed by atoms with Crippen molar-refractivity contribution in [3.63, 3.8) is 0 Å². The monoisotopic (exact) mass is 191 g/mol. The lowest BCUT2D eigenvalue weighted by Gasteiger charge is -2.23. The minimum atomic E-state index is 0.273. The zero-order chi connectivity index (χ0) is 9.56. The fourth-order valence-electron chi connectivity index (χ4n) is 1.28. The molecule has 0 rings (SSSR count). The molecule has 12 heavy (non-hydrogen) atoms. The summed E-state index contributed by atoms with van der Waals surface area (Å²) < 4.78 is 0.